The third kappa shape index (κ3) is 4.59. The molecule has 2 aliphatic rings. The average Bonchev–Trinajstić information content (AvgIpc) is 2.79. The second kappa shape index (κ2) is 9.10. The standard InChI is InChI=1S/C29H43NO5Si/c1-10-28(6,32)20-14-21-18(2)25-23(16-22(33-26(25)31)19-12-11-13-30-17-19)34-29(21,7)24(15-20)35-36(8,9)27(3,4)5/h11-13,16-18,20-21,24,32H,10,14-15H2,1-9H3/t18-,20+,21+,24+,28?,29+/m0/s1. The zero-order valence-electron chi connectivity index (χ0n) is 23.3. The van der Waals surface area contributed by atoms with Gasteiger partial charge in [0.15, 0.2) is 8.32 Å². The van der Waals surface area contributed by atoms with E-state index in [0.717, 1.165) is 18.4 Å². The van der Waals surface area contributed by atoms with Gasteiger partial charge in [-0.05, 0) is 75.2 Å². The minimum Gasteiger partial charge on any atom is -0.484 e. The highest BCUT2D eigenvalue weighted by Gasteiger charge is 2.59. The number of pyridine rings is 1. The minimum absolute atomic E-state index is 0.00341. The number of ether oxygens (including phenoxy) is 1. The number of fused-ring (bicyclic) bond motifs is 2. The Bertz CT molecular complexity index is 1150. The van der Waals surface area contributed by atoms with Crippen molar-refractivity contribution in [3.05, 3.63) is 46.6 Å². The van der Waals surface area contributed by atoms with Crippen molar-refractivity contribution in [3.8, 4) is 17.1 Å². The highest BCUT2D eigenvalue weighted by atomic mass is 28.4. The maximum Gasteiger partial charge on any atom is 0.343 e. The van der Waals surface area contributed by atoms with Crippen molar-refractivity contribution in [1.29, 1.82) is 0 Å². The van der Waals surface area contributed by atoms with Crippen LogP contribution in [0.15, 0.2) is 39.8 Å². The lowest BCUT2D eigenvalue weighted by molar-refractivity contribution is -0.156. The fourth-order valence-electron chi connectivity index (χ4n) is 5.77. The normalized spacial score (nSPS) is 30.1. The molecule has 1 unspecified atom stereocenters. The van der Waals surface area contributed by atoms with Crippen LogP contribution in [0.4, 0.5) is 0 Å². The van der Waals surface area contributed by atoms with E-state index in [1.165, 1.54) is 0 Å². The second-order valence-corrected chi connectivity index (χ2v) is 17.6. The largest absolute Gasteiger partial charge is 0.484 e. The van der Waals surface area contributed by atoms with E-state index >= 15 is 0 Å². The quantitative estimate of drug-likeness (QED) is 0.458. The van der Waals surface area contributed by atoms with Crippen molar-refractivity contribution >= 4 is 8.32 Å². The summed E-state index contributed by atoms with van der Waals surface area (Å²) in [6.07, 6.45) is 5.32. The second-order valence-electron chi connectivity index (χ2n) is 12.8. The van der Waals surface area contributed by atoms with E-state index in [-0.39, 0.29) is 34.5 Å². The molecule has 2 aromatic heterocycles. The number of hydrogen-bond donors (Lipinski definition) is 1. The molecule has 0 saturated heterocycles. The van der Waals surface area contributed by atoms with E-state index in [1.807, 2.05) is 32.0 Å². The molecule has 7 heteroatoms. The number of hydrogen-bond acceptors (Lipinski definition) is 6. The van der Waals surface area contributed by atoms with Crippen LogP contribution in [0.5, 0.6) is 5.75 Å². The zero-order chi connectivity index (χ0) is 26.7. The smallest absolute Gasteiger partial charge is 0.343 e. The van der Waals surface area contributed by atoms with Crippen molar-refractivity contribution in [1.82, 2.24) is 4.98 Å². The lowest BCUT2D eigenvalue weighted by atomic mass is 9.60. The SMILES string of the molecule is CCC(C)(O)[C@@H]1C[C@@H]2[C@H](C)c3c(cc(-c4cccnc4)oc3=O)O[C@@]2(C)[C@H](O[Si](C)(C)C(C)(C)C)C1. The molecule has 1 fully saturated rings. The summed E-state index contributed by atoms with van der Waals surface area (Å²) in [5.41, 5.74) is -0.508. The predicted molar refractivity (Wildman–Crippen MR) is 145 cm³/mol. The van der Waals surface area contributed by atoms with Crippen LogP contribution in [-0.4, -0.2) is 35.7 Å². The van der Waals surface area contributed by atoms with E-state index < -0.39 is 19.5 Å². The summed E-state index contributed by atoms with van der Waals surface area (Å²) in [5.74, 6) is 0.971. The van der Waals surface area contributed by atoms with E-state index in [2.05, 4.69) is 52.7 Å². The molecule has 0 amide bonds. The van der Waals surface area contributed by atoms with Gasteiger partial charge in [-0.25, -0.2) is 4.79 Å². The van der Waals surface area contributed by atoms with Gasteiger partial charge in [0.1, 0.15) is 17.1 Å². The van der Waals surface area contributed by atoms with Gasteiger partial charge in [-0.1, -0.05) is 34.6 Å². The summed E-state index contributed by atoms with van der Waals surface area (Å²) in [7, 11) is -2.15. The molecule has 0 aromatic carbocycles. The lowest BCUT2D eigenvalue weighted by Crippen LogP contribution is -2.64. The first-order valence-electron chi connectivity index (χ1n) is 13.3. The maximum atomic E-state index is 13.3. The monoisotopic (exact) mass is 513 g/mol. The first-order valence-corrected chi connectivity index (χ1v) is 16.2. The first-order chi connectivity index (χ1) is 16.6. The summed E-state index contributed by atoms with van der Waals surface area (Å²) in [4.78, 5) is 17.5. The molecule has 0 bridgehead atoms. The molecule has 1 aliphatic heterocycles. The Morgan fingerprint density at radius 2 is 1.94 bits per heavy atom. The summed E-state index contributed by atoms with van der Waals surface area (Å²) in [6, 6.07) is 5.53. The Hall–Kier alpha value is -1.96. The molecule has 1 N–H and O–H groups in total. The van der Waals surface area contributed by atoms with Crippen LogP contribution >= 0.6 is 0 Å². The van der Waals surface area contributed by atoms with Crippen LogP contribution in [-0.2, 0) is 4.43 Å². The number of aliphatic hydroxyl groups is 1. The Kier molecular flexibility index (Phi) is 6.85. The lowest BCUT2D eigenvalue weighted by Gasteiger charge is -2.57. The molecule has 4 rings (SSSR count). The van der Waals surface area contributed by atoms with E-state index in [9.17, 15) is 9.90 Å². The molecule has 0 spiro atoms. The molecular weight excluding hydrogens is 470 g/mol. The summed E-state index contributed by atoms with van der Waals surface area (Å²) in [5, 5.41) is 11.4. The fourth-order valence-corrected chi connectivity index (χ4v) is 7.16. The molecule has 3 heterocycles. The van der Waals surface area contributed by atoms with Gasteiger partial charge in [0.2, 0.25) is 0 Å². The van der Waals surface area contributed by atoms with E-state index in [4.69, 9.17) is 13.6 Å². The van der Waals surface area contributed by atoms with E-state index in [0.29, 0.717) is 23.5 Å². The van der Waals surface area contributed by atoms with Crippen LogP contribution < -0.4 is 10.4 Å². The van der Waals surface area contributed by atoms with Gasteiger partial charge in [-0.3, -0.25) is 4.98 Å². The molecule has 36 heavy (non-hydrogen) atoms. The van der Waals surface area contributed by atoms with Crippen molar-refractivity contribution in [2.24, 2.45) is 11.8 Å². The van der Waals surface area contributed by atoms with Gasteiger partial charge < -0.3 is 18.7 Å². The van der Waals surface area contributed by atoms with Crippen molar-refractivity contribution < 1.29 is 18.7 Å². The molecule has 0 radical (unpaired) electrons. The molecule has 1 saturated carbocycles. The van der Waals surface area contributed by atoms with Crippen LogP contribution in [0.2, 0.25) is 18.1 Å². The van der Waals surface area contributed by atoms with Gasteiger partial charge in [0.25, 0.3) is 0 Å². The molecule has 6 nitrogen and oxygen atoms in total. The van der Waals surface area contributed by atoms with Crippen LogP contribution in [0.1, 0.15) is 79.2 Å². The first kappa shape index (κ1) is 27.1. The Balaban J connectivity index is 1.82. The molecule has 198 valence electrons. The average molecular weight is 514 g/mol. The number of rotatable bonds is 5. The highest BCUT2D eigenvalue weighted by Crippen LogP contribution is 2.55. The Morgan fingerprint density at radius 3 is 2.53 bits per heavy atom. The van der Waals surface area contributed by atoms with Gasteiger partial charge >= 0.3 is 5.63 Å². The van der Waals surface area contributed by atoms with Gasteiger partial charge in [-0.15, -0.1) is 0 Å². The van der Waals surface area contributed by atoms with Gasteiger partial charge in [-0.2, -0.15) is 0 Å². The summed E-state index contributed by atoms with van der Waals surface area (Å²) in [6.45, 7) is 19.5. The summed E-state index contributed by atoms with van der Waals surface area (Å²) >= 11 is 0. The predicted octanol–water partition coefficient (Wildman–Crippen LogP) is 6.53. The third-order valence-corrected chi connectivity index (χ3v) is 14.0. The van der Waals surface area contributed by atoms with Crippen molar-refractivity contribution in [2.75, 3.05) is 0 Å². The van der Waals surface area contributed by atoms with Crippen LogP contribution in [0.25, 0.3) is 11.3 Å². The topological polar surface area (TPSA) is 81.8 Å². The van der Waals surface area contributed by atoms with Gasteiger partial charge in [0, 0.05) is 29.9 Å². The molecule has 2 aromatic rings. The fraction of sp³-hybridized carbons (Fsp3) is 0.655. The van der Waals surface area contributed by atoms with E-state index in [1.54, 1.807) is 12.4 Å². The maximum absolute atomic E-state index is 13.3. The molecular formula is C29H43NO5Si. The Morgan fingerprint density at radius 1 is 1.25 bits per heavy atom. The van der Waals surface area contributed by atoms with Crippen molar-refractivity contribution in [3.63, 3.8) is 0 Å². The number of nitrogens with zero attached hydrogens (tertiary/aromatic N) is 1. The zero-order valence-corrected chi connectivity index (χ0v) is 24.3. The highest BCUT2D eigenvalue weighted by molar-refractivity contribution is 6.74. The Labute approximate surface area is 216 Å². The van der Waals surface area contributed by atoms with Crippen LogP contribution in [0.3, 0.4) is 0 Å². The third-order valence-electron chi connectivity index (χ3n) is 9.54. The number of aromatic nitrogens is 1. The molecule has 6 atom stereocenters. The minimum atomic E-state index is -2.15. The molecule has 1 aliphatic carbocycles. The summed E-state index contributed by atoms with van der Waals surface area (Å²) < 4.78 is 19.7. The van der Waals surface area contributed by atoms with Gasteiger partial charge in [0.05, 0.1) is 17.3 Å². The van der Waals surface area contributed by atoms with Crippen molar-refractivity contribution in [2.45, 2.75) is 109 Å². The van der Waals surface area contributed by atoms with Crippen LogP contribution in [0, 0.1) is 11.8 Å².